The molecule has 0 bridgehead atoms. The van der Waals surface area contributed by atoms with Crippen molar-refractivity contribution in [3.8, 4) is 22.9 Å². The number of halogens is 1. The number of carbonyl (C=O) groups is 1. The summed E-state index contributed by atoms with van der Waals surface area (Å²) < 4.78 is 25.5. The largest absolute Gasteiger partial charge is 0.493 e. The number of nitrogens with zero attached hydrogens (tertiary/aromatic N) is 2. The predicted octanol–water partition coefficient (Wildman–Crippen LogP) is 9.14. The van der Waals surface area contributed by atoms with Crippen LogP contribution in [-0.2, 0) is 6.42 Å². The fourth-order valence-corrected chi connectivity index (χ4v) is 4.40. The first-order valence-electron chi connectivity index (χ1n) is 14.7. The molecule has 210 valence electrons. The van der Waals surface area contributed by atoms with Crippen molar-refractivity contribution < 1.29 is 18.7 Å². The van der Waals surface area contributed by atoms with Gasteiger partial charge in [0.25, 0.3) is 0 Å². The van der Waals surface area contributed by atoms with Gasteiger partial charge in [0.2, 0.25) is 0 Å². The zero-order valence-corrected chi connectivity index (χ0v) is 23.6. The molecule has 5 nitrogen and oxygen atoms in total. The summed E-state index contributed by atoms with van der Waals surface area (Å²) in [5.41, 5.74) is 1.83. The van der Waals surface area contributed by atoms with Crippen molar-refractivity contribution in [3.63, 3.8) is 0 Å². The topological polar surface area (TPSA) is 61.3 Å². The number of unbranched alkanes of at least 4 members (excludes halogenated alkanes) is 10. The van der Waals surface area contributed by atoms with Gasteiger partial charge in [-0.25, -0.2) is 19.2 Å². The summed E-state index contributed by atoms with van der Waals surface area (Å²) in [5.74, 6) is -0.0669. The second-order valence-electron chi connectivity index (χ2n) is 10.1. The van der Waals surface area contributed by atoms with Gasteiger partial charge in [0.15, 0.2) is 5.82 Å². The summed E-state index contributed by atoms with van der Waals surface area (Å²) in [7, 11) is 0. The van der Waals surface area contributed by atoms with Crippen LogP contribution in [0, 0.1) is 5.82 Å². The van der Waals surface area contributed by atoms with E-state index >= 15 is 0 Å². The van der Waals surface area contributed by atoms with Crippen LogP contribution in [0.15, 0.2) is 54.9 Å². The van der Waals surface area contributed by atoms with Gasteiger partial charge < -0.3 is 9.47 Å². The van der Waals surface area contributed by atoms with E-state index in [0.717, 1.165) is 49.7 Å². The summed E-state index contributed by atoms with van der Waals surface area (Å²) >= 11 is 0. The molecule has 0 fully saturated rings. The lowest BCUT2D eigenvalue weighted by molar-refractivity contribution is 0.0730. The molecule has 0 amide bonds. The molecule has 1 heterocycles. The SMILES string of the molecule is CCCCCCCCCCc1cnc(-c2ccc(OC(=O)c3ccc(OCCCCCC)cc3F)cc2)nc1. The Labute approximate surface area is 233 Å². The minimum Gasteiger partial charge on any atom is -0.493 e. The minimum absolute atomic E-state index is 0.132. The van der Waals surface area contributed by atoms with Gasteiger partial charge in [-0.2, -0.15) is 0 Å². The van der Waals surface area contributed by atoms with Crippen LogP contribution in [0.5, 0.6) is 11.5 Å². The fraction of sp³-hybridized carbons (Fsp3) is 0.485. The summed E-state index contributed by atoms with van der Waals surface area (Å²) in [4.78, 5) is 21.6. The van der Waals surface area contributed by atoms with Crippen molar-refractivity contribution >= 4 is 5.97 Å². The molecule has 6 heteroatoms. The molecule has 39 heavy (non-hydrogen) atoms. The third-order valence-electron chi connectivity index (χ3n) is 6.77. The van der Waals surface area contributed by atoms with Crippen LogP contribution in [-0.4, -0.2) is 22.5 Å². The molecule has 0 aliphatic carbocycles. The lowest BCUT2D eigenvalue weighted by Gasteiger charge is -2.09. The van der Waals surface area contributed by atoms with E-state index in [-0.39, 0.29) is 5.56 Å². The highest BCUT2D eigenvalue weighted by atomic mass is 19.1. The van der Waals surface area contributed by atoms with Crippen molar-refractivity contribution in [2.24, 2.45) is 0 Å². The number of carbonyl (C=O) groups excluding carboxylic acids is 1. The van der Waals surface area contributed by atoms with Gasteiger partial charge in [-0.1, -0.05) is 78.1 Å². The Bertz CT molecular complexity index is 1120. The maximum atomic E-state index is 14.5. The molecule has 0 spiro atoms. The summed E-state index contributed by atoms with van der Waals surface area (Å²) in [6.07, 6.45) is 19.5. The smallest absolute Gasteiger partial charge is 0.346 e. The first-order chi connectivity index (χ1) is 19.1. The van der Waals surface area contributed by atoms with Crippen LogP contribution < -0.4 is 9.47 Å². The zero-order chi connectivity index (χ0) is 27.7. The van der Waals surface area contributed by atoms with Crippen molar-refractivity contribution in [1.82, 2.24) is 9.97 Å². The molecule has 0 aliphatic rings. The van der Waals surface area contributed by atoms with Crippen molar-refractivity contribution in [2.75, 3.05) is 6.61 Å². The number of esters is 1. The Morgan fingerprint density at radius 2 is 1.33 bits per heavy atom. The third-order valence-corrected chi connectivity index (χ3v) is 6.77. The van der Waals surface area contributed by atoms with E-state index in [1.54, 1.807) is 30.3 Å². The van der Waals surface area contributed by atoms with Crippen LogP contribution in [0.2, 0.25) is 0 Å². The third kappa shape index (κ3) is 10.8. The lowest BCUT2D eigenvalue weighted by Crippen LogP contribution is -2.11. The zero-order valence-electron chi connectivity index (χ0n) is 23.6. The van der Waals surface area contributed by atoms with Crippen LogP contribution in [0.1, 0.15) is 107 Å². The molecule has 1 aromatic heterocycles. The molecule has 0 saturated carbocycles. The quantitative estimate of drug-likeness (QED) is 0.0925. The van der Waals surface area contributed by atoms with Gasteiger partial charge in [-0.05, 0) is 61.2 Å². The van der Waals surface area contributed by atoms with E-state index in [0.29, 0.717) is 23.9 Å². The first-order valence-corrected chi connectivity index (χ1v) is 14.7. The molecule has 3 aromatic rings. The molecule has 0 atom stereocenters. The normalized spacial score (nSPS) is 10.9. The Kier molecular flexibility index (Phi) is 13.5. The average molecular weight is 535 g/mol. The van der Waals surface area contributed by atoms with Gasteiger partial charge >= 0.3 is 5.97 Å². The summed E-state index contributed by atoms with van der Waals surface area (Å²) in [5, 5.41) is 0. The average Bonchev–Trinajstić information content (AvgIpc) is 2.95. The first kappa shape index (κ1) is 30.3. The molecule has 3 rings (SSSR count). The van der Waals surface area contributed by atoms with Crippen molar-refractivity contribution in [2.45, 2.75) is 97.3 Å². The van der Waals surface area contributed by atoms with E-state index in [4.69, 9.17) is 9.47 Å². The highest BCUT2D eigenvalue weighted by molar-refractivity contribution is 5.91. The maximum Gasteiger partial charge on any atom is 0.346 e. The van der Waals surface area contributed by atoms with Crippen molar-refractivity contribution in [3.05, 3.63) is 71.8 Å². The van der Waals surface area contributed by atoms with Gasteiger partial charge in [0, 0.05) is 24.0 Å². The molecule has 0 unspecified atom stereocenters. The highest BCUT2D eigenvalue weighted by Crippen LogP contribution is 2.23. The van der Waals surface area contributed by atoms with Crippen LogP contribution >= 0.6 is 0 Å². The Morgan fingerprint density at radius 1 is 0.744 bits per heavy atom. The highest BCUT2D eigenvalue weighted by Gasteiger charge is 2.15. The van der Waals surface area contributed by atoms with Gasteiger partial charge in [-0.3, -0.25) is 0 Å². The minimum atomic E-state index is -0.753. The number of hydrogen-bond acceptors (Lipinski definition) is 5. The Balaban J connectivity index is 1.44. The molecule has 0 N–H and O–H groups in total. The van der Waals surface area contributed by atoms with Gasteiger partial charge in [0.1, 0.15) is 17.3 Å². The summed E-state index contributed by atoms with van der Waals surface area (Å²) in [6.45, 7) is 4.92. The number of ether oxygens (including phenoxy) is 2. The summed E-state index contributed by atoms with van der Waals surface area (Å²) in [6, 6.07) is 11.1. The standard InChI is InChI=1S/C33H43FN2O3/c1-3-5-7-9-10-11-12-13-15-26-24-35-32(36-25-26)27-16-18-28(19-17-27)39-33(37)30-21-20-29(23-31(30)34)38-22-14-8-6-4-2/h16-21,23-25H,3-15,22H2,1-2H3. The second-order valence-corrected chi connectivity index (χ2v) is 10.1. The number of aromatic nitrogens is 2. The van der Waals surface area contributed by atoms with E-state index in [1.165, 1.54) is 57.1 Å². The Morgan fingerprint density at radius 3 is 1.97 bits per heavy atom. The van der Waals surface area contributed by atoms with E-state index < -0.39 is 11.8 Å². The molecule has 0 saturated heterocycles. The van der Waals surface area contributed by atoms with Crippen LogP contribution in [0.3, 0.4) is 0 Å². The predicted molar refractivity (Wildman–Crippen MR) is 155 cm³/mol. The number of hydrogen-bond donors (Lipinski definition) is 0. The van der Waals surface area contributed by atoms with Crippen molar-refractivity contribution in [1.29, 1.82) is 0 Å². The van der Waals surface area contributed by atoms with E-state index in [1.807, 2.05) is 12.4 Å². The maximum absolute atomic E-state index is 14.5. The molecular formula is C33H43FN2O3. The van der Waals surface area contributed by atoms with Crippen LogP contribution in [0.25, 0.3) is 11.4 Å². The van der Waals surface area contributed by atoms with Gasteiger partial charge in [0.05, 0.1) is 12.2 Å². The number of aryl methyl sites for hydroxylation is 1. The Hall–Kier alpha value is -3.28. The van der Waals surface area contributed by atoms with E-state index in [2.05, 4.69) is 23.8 Å². The number of benzene rings is 2. The molecular weight excluding hydrogens is 491 g/mol. The monoisotopic (exact) mass is 534 g/mol. The van der Waals surface area contributed by atoms with E-state index in [9.17, 15) is 9.18 Å². The fourth-order valence-electron chi connectivity index (χ4n) is 4.40. The van der Waals surface area contributed by atoms with Crippen LogP contribution in [0.4, 0.5) is 4.39 Å². The van der Waals surface area contributed by atoms with Gasteiger partial charge in [-0.15, -0.1) is 0 Å². The number of rotatable bonds is 18. The second kappa shape index (κ2) is 17.3. The molecule has 0 aliphatic heterocycles. The molecule has 0 radical (unpaired) electrons. The lowest BCUT2D eigenvalue weighted by atomic mass is 10.1. The molecule has 2 aromatic carbocycles.